The number of ketones is 1. The molecule has 0 aromatic heterocycles. The molecular weight excluding hydrogens is 385 g/mol. The van der Waals surface area contributed by atoms with Gasteiger partial charge in [0.25, 0.3) is 11.7 Å². The van der Waals surface area contributed by atoms with E-state index in [1.165, 1.54) is 29.2 Å². The zero-order valence-electron chi connectivity index (χ0n) is 17.6. The van der Waals surface area contributed by atoms with Crippen LogP contribution in [0.25, 0.3) is 5.76 Å². The fraction of sp³-hybridized carbons (Fsp3) is 0.333. The van der Waals surface area contributed by atoms with Crippen LogP contribution in [0.1, 0.15) is 49.9 Å². The Hall–Kier alpha value is -3.15. The molecule has 1 atom stereocenters. The fourth-order valence-electron chi connectivity index (χ4n) is 3.68. The maximum absolute atomic E-state index is 13.4. The number of aryl methyl sites for hydroxylation is 1. The van der Waals surface area contributed by atoms with Crippen molar-refractivity contribution >= 4 is 17.4 Å². The Bertz CT molecular complexity index is 995. The van der Waals surface area contributed by atoms with E-state index in [-0.39, 0.29) is 17.4 Å². The molecule has 2 aromatic rings. The fourth-order valence-corrected chi connectivity index (χ4v) is 3.68. The second-order valence-corrected chi connectivity index (χ2v) is 7.69. The molecule has 6 heteroatoms. The molecular formula is C24H26FNO4. The number of aliphatic hydroxyl groups is 1. The van der Waals surface area contributed by atoms with Crippen LogP contribution in [0.5, 0.6) is 5.75 Å². The van der Waals surface area contributed by atoms with E-state index in [1.807, 2.05) is 27.7 Å². The Balaban J connectivity index is 2.12. The lowest BCUT2D eigenvalue weighted by Crippen LogP contribution is -2.30. The number of ether oxygens (including phenoxy) is 1. The number of hydrogen-bond donors (Lipinski definition) is 1. The molecule has 0 radical (unpaired) electrons. The van der Waals surface area contributed by atoms with Crippen molar-refractivity contribution in [2.24, 2.45) is 0 Å². The first-order valence-corrected chi connectivity index (χ1v) is 10.1. The number of benzene rings is 2. The number of nitrogens with zero attached hydrogens (tertiary/aromatic N) is 1. The van der Waals surface area contributed by atoms with Gasteiger partial charge in [-0.2, -0.15) is 0 Å². The molecule has 1 heterocycles. The third-order valence-corrected chi connectivity index (χ3v) is 5.00. The molecule has 1 fully saturated rings. The largest absolute Gasteiger partial charge is 0.507 e. The summed E-state index contributed by atoms with van der Waals surface area (Å²) in [5.74, 6) is -1.38. The first-order chi connectivity index (χ1) is 14.2. The second-order valence-electron chi connectivity index (χ2n) is 7.69. The monoisotopic (exact) mass is 411 g/mol. The minimum absolute atomic E-state index is 0.000918. The Kier molecular flexibility index (Phi) is 6.25. The Morgan fingerprint density at radius 1 is 1.17 bits per heavy atom. The van der Waals surface area contributed by atoms with Gasteiger partial charge >= 0.3 is 0 Å². The van der Waals surface area contributed by atoms with Gasteiger partial charge in [-0.1, -0.05) is 19.1 Å². The van der Waals surface area contributed by atoms with Crippen LogP contribution >= 0.6 is 0 Å². The van der Waals surface area contributed by atoms with Gasteiger partial charge in [0, 0.05) is 12.1 Å². The van der Waals surface area contributed by atoms with Gasteiger partial charge in [-0.05, 0) is 68.7 Å². The highest BCUT2D eigenvalue weighted by Crippen LogP contribution is 2.40. The Morgan fingerprint density at radius 2 is 1.83 bits per heavy atom. The summed E-state index contributed by atoms with van der Waals surface area (Å²) in [4.78, 5) is 27.0. The van der Waals surface area contributed by atoms with Crippen LogP contribution in [0.4, 0.5) is 4.39 Å². The van der Waals surface area contributed by atoms with Crippen LogP contribution in [-0.2, 0) is 9.59 Å². The average molecular weight is 411 g/mol. The van der Waals surface area contributed by atoms with E-state index >= 15 is 0 Å². The van der Waals surface area contributed by atoms with Crippen LogP contribution < -0.4 is 4.74 Å². The van der Waals surface area contributed by atoms with Gasteiger partial charge in [0.1, 0.15) is 17.3 Å². The number of likely N-dealkylation sites (tertiary alicyclic amines) is 1. The number of Topliss-reactive ketones (excluding diaryl/α,β-unsaturated/α-hetero) is 1. The number of hydrogen-bond acceptors (Lipinski definition) is 4. The third kappa shape index (κ3) is 4.08. The van der Waals surface area contributed by atoms with E-state index in [0.29, 0.717) is 29.8 Å². The van der Waals surface area contributed by atoms with Crippen LogP contribution in [0.2, 0.25) is 0 Å². The van der Waals surface area contributed by atoms with Crippen LogP contribution in [0.15, 0.2) is 48.0 Å². The van der Waals surface area contributed by atoms with Gasteiger partial charge in [0.2, 0.25) is 0 Å². The molecule has 30 heavy (non-hydrogen) atoms. The van der Waals surface area contributed by atoms with Gasteiger partial charge in [-0.3, -0.25) is 9.59 Å². The molecule has 1 aliphatic heterocycles. The highest BCUT2D eigenvalue weighted by atomic mass is 19.1. The molecule has 158 valence electrons. The van der Waals surface area contributed by atoms with Gasteiger partial charge in [0.15, 0.2) is 0 Å². The first-order valence-electron chi connectivity index (χ1n) is 10.1. The zero-order chi connectivity index (χ0) is 22.0. The molecule has 3 rings (SSSR count). The lowest BCUT2D eigenvalue weighted by molar-refractivity contribution is -0.139. The maximum atomic E-state index is 13.4. The van der Waals surface area contributed by atoms with Crippen molar-refractivity contribution in [1.29, 1.82) is 0 Å². The molecule has 1 N–H and O–H groups in total. The predicted octanol–water partition coefficient (Wildman–Crippen LogP) is 4.75. The molecule has 0 spiro atoms. The molecule has 1 saturated heterocycles. The van der Waals surface area contributed by atoms with Gasteiger partial charge in [-0.15, -0.1) is 0 Å². The normalized spacial score (nSPS) is 18.3. The summed E-state index contributed by atoms with van der Waals surface area (Å²) < 4.78 is 19.2. The molecule has 2 aromatic carbocycles. The SMILES string of the molecule is CCCN1C(=O)C(=O)/C(=C(\O)c2ccc(OC(C)C)c(C)c2)C1c1ccc(F)cc1. The summed E-state index contributed by atoms with van der Waals surface area (Å²) in [6, 6.07) is 9.99. The van der Waals surface area contributed by atoms with Gasteiger partial charge in [0.05, 0.1) is 17.7 Å². The molecule has 0 bridgehead atoms. The van der Waals surface area contributed by atoms with Gasteiger partial charge < -0.3 is 14.7 Å². The highest BCUT2D eigenvalue weighted by molar-refractivity contribution is 6.46. The quantitative estimate of drug-likeness (QED) is 0.423. The van der Waals surface area contributed by atoms with E-state index < -0.39 is 23.5 Å². The number of amides is 1. The Labute approximate surface area is 175 Å². The molecule has 5 nitrogen and oxygen atoms in total. The lowest BCUT2D eigenvalue weighted by Gasteiger charge is -2.25. The molecule has 0 saturated carbocycles. The van der Waals surface area contributed by atoms with Crippen molar-refractivity contribution in [3.63, 3.8) is 0 Å². The average Bonchev–Trinajstić information content (AvgIpc) is 2.94. The summed E-state index contributed by atoms with van der Waals surface area (Å²) in [6.45, 7) is 7.94. The van der Waals surface area contributed by atoms with Gasteiger partial charge in [-0.25, -0.2) is 4.39 Å². The predicted molar refractivity (Wildman–Crippen MR) is 113 cm³/mol. The van der Waals surface area contributed by atoms with Crippen LogP contribution in [0.3, 0.4) is 0 Å². The number of carbonyl (C=O) groups is 2. The number of aliphatic hydroxyl groups excluding tert-OH is 1. The second kappa shape index (κ2) is 8.69. The molecule has 1 aliphatic rings. The molecule has 1 amide bonds. The number of carbonyl (C=O) groups excluding carboxylic acids is 2. The third-order valence-electron chi connectivity index (χ3n) is 5.00. The maximum Gasteiger partial charge on any atom is 0.295 e. The standard InChI is InChI=1S/C24H26FNO4/c1-5-12-26-21(16-6-9-18(25)10-7-16)20(23(28)24(26)29)22(27)17-8-11-19(15(4)13-17)30-14(2)3/h6-11,13-14,21,27H,5,12H2,1-4H3/b22-20-. The Morgan fingerprint density at radius 3 is 2.40 bits per heavy atom. The minimum atomic E-state index is -0.766. The topological polar surface area (TPSA) is 66.8 Å². The van der Waals surface area contributed by atoms with Crippen LogP contribution in [0, 0.1) is 12.7 Å². The van der Waals surface area contributed by atoms with Crippen molar-refractivity contribution in [3.8, 4) is 5.75 Å². The summed E-state index contributed by atoms with van der Waals surface area (Å²) in [6.07, 6.45) is 0.645. The van der Waals surface area contributed by atoms with Crippen LogP contribution in [-0.4, -0.2) is 34.3 Å². The number of halogens is 1. The van der Waals surface area contributed by atoms with E-state index in [0.717, 1.165) is 5.56 Å². The minimum Gasteiger partial charge on any atom is -0.507 e. The summed E-state index contributed by atoms with van der Waals surface area (Å²) in [5, 5.41) is 11.0. The van der Waals surface area contributed by atoms with E-state index in [4.69, 9.17) is 4.74 Å². The van der Waals surface area contributed by atoms with Crippen molar-refractivity contribution in [1.82, 2.24) is 4.90 Å². The van der Waals surface area contributed by atoms with E-state index in [9.17, 15) is 19.1 Å². The first kappa shape index (κ1) is 21.6. The van der Waals surface area contributed by atoms with Crippen molar-refractivity contribution in [2.45, 2.75) is 46.3 Å². The zero-order valence-corrected chi connectivity index (χ0v) is 17.6. The summed E-state index contributed by atoms with van der Waals surface area (Å²) in [5.41, 5.74) is 1.80. The van der Waals surface area contributed by atoms with E-state index in [2.05, 4.69) is 0 Å². The summed E-state index contributed by atoms with van der Waals surface area (Å²) >= 11 is 0. The summed E-state index contributed by atoms with van der Waals surface area (Å²) in [7, 11) is 0. The highest BCUT2D eigenvalue weighted by Gasteiger charge is 2.45. The smallest absolute Gasteiger partial charge is 0.295 e. The molecule has 1 unspecified atom stereocenters. The molecule has 0 aliphatic carbocycles. The van der Waals surface area contributed by atoms with E-state index in [1.54, 1.807) is 18.2 Å². The van der Waals surface area contributed by atoms with Crippen molar-refractivity contribution in [3.05, 3.63) is 70.5 Å². The van der Waals surface area contributed by atoms with Crippen molar-refractivity contribution < 1.29 is 23.8 Å². The van der Waals surface area contributed by atoms with Crippen molar-refractivity contribution in [2.75, 3.05) is 6.54 Å². The number of rotatable bonds is 6. The lowest BCUT2D eigenvalue weighted by atomic mass is 9.94.